The van der Waals surface area contributed by atoms with Gasteiger partial charge in [0.1, 0.15) is 18.4 Å². The third-order valence-corrected chi connectivity index (χ3v) is 7.84. The van der Waals surface area contributed by atoms with Crippen LogP contribution in [0.5, 0.6) is 0 Å². The Morgan fingerprint density at radius 1 is 0.947 bits per heavy atom. The summed E-state index contributed by atoms with van der Waals surface area (Å²) in [5.74, 6) is -1.32. The maximum absolute atomic E-state index is 13.8. The summed E-state index contributed by atoms with van der Waals surface area (Å²) in [4.78, 5) is 28.0. The third kappa shape index (κ3) is 7.55. The SMILES string of the molecule is CC(C)CNC(=O)C(C)N(Cc1cccc(Cl)c1)C(=O)CN(c1ccc(F)cc1)S(=O)(=O)c1ccccc1. The monoisotopic (exact) mass is 559 g/mol. The van der Waals surface area contributed by atoms with E-state index in [1.807, 2.05) is 13.8 Å². The van der Waals surface area contributed by atoms with Crippen LogP contribution in [0.3, 0.4) is 0 Å². The van der Waals surface area contributed by atoms with Crippen molar-refractivity contribution in [1.82, 2.24) is 10.2 Å². The minimum Gasteiger partial charge on any atom is -0.354 e. The number of hydrogen-bond donors (Lipinski definition) is 1. The van der Waals surface area contributed by atoms with Crippen LogP contribution < -0.4 is 9.62 Å². The molecule has 0 aliphatic rings. The number of sulfonamides is 1. The fourth-order valence-electron chi connectivity index (χ4n) is 3.72. The summed E-state index contributed by atoms with van der Waals surface area (Å²) < 4.78 is 41.8. The normalized spacial score (nSPS) is 12.2. The lowest BCUT2D eigenvalue weighted by molar-refractivity contribution is -0.139. The van der Waals surface area contributed by atoms with Gasteiger partial charge in [-0.1, -0.05) is 55.8 Å². The Bertz CT molecular complexity index is 1350. The topological polar surface area (TPSA) is 86.8 Å². The Balaban J connectivity index is 1.99. The molecule has 2 amide bonds. The Morgan fingerprint density at radius 3 is 2.21 bits per heavy atom. The van der Waals surface area contributed by atoms with Crippen LogP contribution in [0, 0.1) is 11.7 Å². The maximum atomic E-state index is 13.8. The van der Waals surface area contributed by atoms with Crippen molar-refractivity contribution in [2.24, 2.45) is 5.92 Å². The first-order valence-corrected chi connectivity index (χ1v) is 14.0. The highest BCUT2D eigenvalue weighted by molar-refractivity contribution is 7.92. The molecule has 0 saturated carbocycles. The molecule has 0 saturated heterocycles. The molecule has 0 radical (unpaired) electrons. The van der Waals surface area contributed by atoms with Crippen molar-refractivity contribution in [2.75, 3.05) is 17.4 Å². The summed E-state index contributed by atoms with van der Waals surface area (Å²) in [6.07, 6.45) is 0. The number of amides is 2. The molecule has 1 N–H and O–H groups in total. The summed E-state index contributed by atoms with van der Waals surface area (Å²) in [7, 11) is -4.20. The second-order valence-corrected chi connectivity index (χ2v) is 11.6. The van der Waals surface area contributed by atoms with Gasteiger partial charge in [-0.15, -0.1) is 0 Å². The van der Waals surface area contributed by atoms with E-state index in [0.717, 1.165) is 16.4 Å². The first-order valence-electron chi connectivity index (χ1n) is 12.1. The number of anilines is 1. The van der Waals surface area contributed by atoms with Gasteiger partial charge in [0.05, 0.1) is 10.6 Å². The molecule has 0 spiro atoms. The second kappa shape index (κ2) is 12.9. The smallest absolute Gasteiger partial charge is 0.264 e. The Kier molecular flexibility index (Phi) is 9.88. The van der Waals surface area contributed by atoms with E-state index in [4.69, 9.17) is 11.6 Å². The van der Waals surface area contributed by atoms with E-state index in [2.05, 4.69) is 5.32 Å². The summed E-state index contributed by atoms with van der Waals surface area (Å²) >= 11 is 6.14. The van der Waals surface area contributed by atoms with Crippen LogP contribution in [0.2, 0.25) is 5.02 Å². The zero-order valence-electron chi connectivity index (χ0n) is 21.5. The maximum Gasteiger partial charge on any atom is 0.264 e. The quantitative estimate of drug-likeness (QED) is 0.363. The number of nitrogens with zero attached hydrogens (tertiary/aromatic N) is 2. The van der Waals surface area contributed by atoms with Crippen LogP contribution in [0.25, 0.3) is 0 Å². The highest BCUT2D eigenvalue weighted by Gasteiger charge is 2.32. The number of rotatable bonds is 11. The molecule has 1 atom stereocenters. The van der Waals surface area contributed by atoms with Gasteiger partial charge in [0.25, 0.3) is 10.0 Å². The van der Waals surface area contributed by atoms with Crippen molar-refractivity contribution in [3.8, 4) is 0 Å². The minimum atomic E-state index is -4.20. The van der Waals surface area contributed by atoms with Crippen molar-refractivity contribution in [1.29, 1.82) is 0 Å². The molecule has 7 nitrogen and oxygen atoms in total. The average Bonchev–Trinajstić information content (AvgIpc) is 2.89. The standard InChI is InChI=1S/C28H31ClFN3O4S/c1-20(2)17-31-28(35)21(3)32(18-22-8-7-9-23(29)16-22)27(34)19-33(25-14-12-24(30)13-15-25)38(36,37)26-10-5-4-6-11-26/h4-16,20-21H,17-19H2,1-3H3,(H,31,35). The van der Waals surface area contributed by atoms with Crippen LogP contribution in [0.1, 0.15) is 26.3 Å². The minimum absolute atomic E-state index is 0.0261. The number of nitrogens with one attached hydrogen (secondary N) is 1. The van der Waals surface area contributed by atoms with Gasteiger partial charge in [-0.2, -0.15) is 0 Å². The fraction of sp³-hybridized carbons (Fsp3) is 0.286. The highest BCUT2D eigenvalue weighted by atomic mass is 35.5. The highest BCUT2D eigenvalue weighted by Crippen LogP contribution is 2.25. The largest absolute Gasteiger partial charge is 0.354 e. The lowest BCUT2D eigenvalue weighted by Crippen LogP contribution is -2.51. The molecule has 1 unspecified atom stereocenters. The zero-order chi connectivity index (χ0) is 27.9. The average molecular weight is 560 g/mol. The first kappa shape index (κ1) is 29.1. The molecule has 0 aliphatic heterocycles. The second-order valence-electron chi connectivity index (χ2n) is 9.27. The van der Waals surface area contributed by atoms with Crippen LogP contribution in [-0.2, 0) is 26.2 Å². The van der Waals surface area contributed by atoms with E-state index in [1.165, 1.54) is 29.2 Å². The molecule has 0 aromatic heterocycles. The van der Waals surface area contributed by atoms with Crippen molar-refractivity contribution < 1.29 is 22.4 Å². The molecule has 3 aromatic carbocycles. The summed E-state index contributed by atoms with van der Waals surface area (Å²) in [5, 5.41) is 3.29. The van der Waals surface area contributed by atoms with Crippen molar-refractivity contribution in [3.63, 3.8) is 0 Å². The lowest BCUT2D eigenvalue weighted by atomic mass is 10.1. The molecule has 38 heavy (non-hydrogen) atoms. The van der Waals surface area contributed by atoms with Gasteiger partial charge in [0.15, 0.2) is 0 Å². The molecule has 3 aromatic rings. The Labute approximate surface area is 228 Å². The fourth-order valence-corrected chi connectivity index (χ4v) is 5.37. The zero-order valence-corrected chi connectivity index (χ0v) is 23.0. The van der Waals surface area contributed by atoms with Gasteiger partial charge in [-0.05, 0) is 66.9 Å². The molecule has 3 rings (SSSR count). The van der Waals surface area contributed by atoms with Gasteiger partial charge < -0.3 is 10.2 Å². The van der Waals surface area contributed by atoms with Gasteiger partial charge in [-0.25, -0.2) is 12.8 Å². The predicted molar refractivity (Wildman–Crippen MR) is 147 cm³/mol. The lowest BCUT2D eigenvalue weighted by Gasteiger charge is -2.32. The van der Waals surface area contributed by atoms with Crippen LogP contribution in [0.15, 0.2) is 83.8 Å². The van der Waals surface area contributed by atoms with Crippen molar-refractivity contribution in [3.05, 3.63) is 95.3 Å². The molecule has 0 aliphatic carbocycles. The summed E-state index contributed by atoms with van der Waals surface area (Å²) in [6, 6.07) is 18.5. The van der Waals surface area contributed by atoms with Gasteiger partial charge in [0.2, 0.25) is 11.8 Å². The molecule has 0 bridgehead atoms. The van der Waals surface area contributed by atoms with E-state index < -0.39 is 34.3 Å². The molecular weight excluding hydrogens is 529 g/mol. The van der Waals surface area contributed by atoms with E-state index in [-0.39, 0.29) is 29.0 Å². The van der Waals surface area contributed by atoms with Crippen molar-refractivity contribution >= 4 is 39.1 Å². The Morgan fingerprint density at radius 2 is 1.61 bits per heavy atom. The number of hydrogen-bond acceptors (Lipinski definition) is 4. The molecule has 0 heterocycles. The molecular formula is C28H31ClFN3O4S. The van der Waals surface area contributed by atoms with E-state index in [1.54, 1.807) is 49.4 Å². The molecule has 202 valence electrons. The number of benzene rings is 3. The van der Waals surface area contributed by atoms with Crippen LogP contribution >= 0.6 is 11.6 Å². The van der Waals surface area contributed by atoms with Crippen LogP contribution in [-0.4, -0.2) is 44.3 Å². The first-order chi connectivity index (χ1) is 18.0. The van der Waals surface area contributed by atoms with Gasteiger partial charge >= 0.3 is 0 Å². The Hall–Kier alpha value is -3.43. The summed E-state index contributed by atoms with van der Waals surface area (Å²) in [6.45, 7) is 5.34. The van der Waals surface area contributed by atoms with Gasteiger partial charge in [0, 0.05) is 18.1 Å². The number of carbonyl (C=O) groups excluding carboxylic acids is 2. The van der Waals surface area contributed by atoms with E-state index in [9.17, 15) is 22.4 Å². The third-order valence-electron chi connectivity index (χ3n) is 5.82. The van der Waals surface area contributed by atoms with E-state index in [0.29, 0.717) is 17.1 Å². The van der Waals surface area contributed by atoms with Crippen molar-refractivity contribution in [2.45, 2.75) is 38.3 Å². The molecule has 10 heteroatoms. The van der Waals surface area contributed by atoms with Gasteiger partial charge in [-0.3, -0.25) is 13.9 Å². The number of halogens is 2. The molecule has 0 fully saturated rings. The number of carbonyl (C=O) groups is 2. The van der Waals surface area contributed by atoms with E-state index >= 15 is 0 Å². The predicted octanol–water partition coefficient (Wildman–Crippen LogP) is 4.86. The van der Waals surface area contributed by atoms with Crippen LogP contribution in [0.4, 0.5) is 10.1 Å². The summed E-state index contributed by atoms with van der Waals surface area (Å²) in [5.41, 5.74) is 0.789.